The molecule has 5 nitrogen and oxygen atoms in total. The maximum Gasteiger partial charge on any atom is 0.240 e. The Morgan fingerprint density at radius 3 is 2.90 bits per heavy atom. The standard InChI is InChI=1S/C13H12BrClN4O/c14-10-2-1-9-7-18(8-13(20)17-12(9)5-10)19-4-3-11(15)6-16-19/h1-6,16H,7-8H2,(H,17,20). The summed E-state index contributed by atoms with van der Waals surface area (Å²) in [5, 5.41) is 7.17. The van der Waals surface area contributed by atoms with Gasteiger partial charge >= 0.3 is 0 Å². The zero-order chi connectivity index (χ0) is 14.1. The Hall–Kier alpha value is -1.50. The molecule has 104 valence electrons. The van der Waals surface area contributed by atoms with E-state index in [1.807, 2.05) is 23.2 Å². The summed E-state index contributed by atoms with van der Waals surface area (Å²) < 4.78 is 0.940. The number of halogens is 2. The van der Waals surface area contributed by atoms with Crippen LogP contribution in [0.4, 0.5) is 5.69 Å². The van der Waals surface area contributed by atoms with Crippen LogP contribution in [0.5, 0.6) is 0 Å². The van der Waals surface area contributed by atoms with Crippen molar-refractivity contribution in [3.63, 3.8) is 0 Å². The Bertz CT molecular complexity index is 616. The van der Waals surface area contributed by atoms with Crippen molar-refractivity contribution in [2.75, 3.05) is 11.9 Å². The van der Waals surface area contributed by atoms with Gasteiger partial charge in [0.05, 0.1) is 11.6 Å². The van der Waals surface area contributed by atoms with E-state index in [2.05, 4.69) is 26.7 Å². The summed E-state index contributed by atoms with van der Waals surface area (Å²) in [7, 11) is 0. The van der Waals surface area contributed by atoms with Crippen molar-refractivity contribution in [3.05, 3.63) is 51.7 Å². The summed E-state index contributed by atoms with van der Waals surface area (Å²) in [5.74, 6) is -0.0577. The quantitative estimate of drug-likeness (QED) is 0.813. The molecule has 0 saturated carbocycles. The lowest BCUT2D eigenvalue weighted by atomic mass is 10.2. The minimum absolute atomic E-state index is 0.0577. The van der Waals surface area contributed by atoms with Gasteiger partial charge in [-0.15, -0.1) is 0 Å². The highest BCUT2D eigenvalue weighted by Gasteiger charge is 2.23. The van der Waals surface area contributed by atoms with E-state index >= 15 is 0 Å². The van der Waals surface area contributed by atoms with E-state index in [1.54, 1.807) is 23.6 Å². The number of hydrazine groups is 2. The van der Waals surface area contributed by atoms with Gasteiger partial charge in [-0.25, -0.2) is 5.12 Å². The second-order valence-corrected chi connectivity index (χ2v) is 5.84. The van der Waals surface area contributed by atoms with E-state index in [4.69, 9.17) is 11.6 Å². The second-order valence-electron chi connectivity index (χ2n) is 4.49. The molecule has 0 unspecified atom stereocenters. The molecule has 20 heavy (non-hydrogen) atoms. The molecule has 2 heterocycles. The summed E-state index contributed by atoms with van der Waals surface area (Å²) in [6.07, 6.45) is 5.23. The minimum atomic E-state index is -0.0577. The van der Waals surface area contributed by atoms with Crippen molar-refractivity contribution in [2.24, 2.45) is 0 Å². The number of fused-ring (bicyclic) bond motifs is 1. The fourth-order valence-corrected chi connectivity index (χ4v) is 2.57. The van der Waals surface area contributed by atoms with Gasteiger partial charge in [0.2, 0.25) is 5.91 Å². The number of benzene rings is 1. The van der Waals surface area contributed by atoms with Gasteiger partial charge in [-0.1, -0.05) is 33.6 Å². The molecule has 1 aromatic carbocycles. The number of nitrogens with one attached hydrogen (secondary N) is 2. The van der Waals surface area contributed by atoms with Crippen LogP contribution in [0.15, 0.2) is 46.2 Å². The Balaban J connectivity index is 1.86. The Morgan fingerprint density at radius 2 is 2.15 bits per heavy atom. The maximum atomic E-state index is 12.0. The third-order valence-electron chi connectivity index (χ3n) is 3.04. The van der Waals surface area contributed by atoms with Crippen LogP contribution in [0.3, 0.4) is 0 Å². The van der Waals surface area contributed by atoms with Gasteiger partial charge in [-0.05, 0) is 23.8 Å². The molecule has 2 N–H and O–H groups in total. The van der Waals surface area contributed by atoms with E-state index in [0.29, 0.717) is 11.6 Å². The summed E-state index contributed by atoms with van der Waals surface area (Å²) in [6, 6.07) is 5.87. The molecule has 0 bridgehead atoms. The first-order valence-electron chi connectivity index (χ1n) is 6.04. The number of rotatable bonds is 1. The number of allylic oxidation sites excluding steroid dienone is 2. The highest BCUT2D eigenvalue weighted by molar-refractivity contribution is 9.10. The predicted molar refractivity (Wildman–Crippen MR) is 81.2 cm³/mol. The molecule has 2 aliphatic heterocycles. The first-order valence-corrected chi connectivity index (χ1v) is 7.21. The fourth-order valence-electron chi connectivity index (χ4n) is 2.10. The summed E-state index contributed by atoms with van der Waals surface area (Å²) in [5.41, 5.74) is 4.90. The smallest absolute Gasteiger partial charge is 0.240 e. The lowest BCUT2D eigenvalue weighted by Gasteiger charge is -2.33. The largest absolute Gasteiger partial charge is 0.325 e. The molecule has 0 atom stereocenters. The number of anilines is 1. The SMILES string of the molecule is O=C1CN(N2C=CC(Cl)=CN2)Cc2ccc(Br)cc2N1. The lowest BCUT2D eigenvalue weighted by molar-refractivity contribution is -0.122. The van der Waals surface area contributed by atoms with Gasteiger partial charge in [-0.2, -0.15) is 5.01 Å². The monoisotopic (exact) mass is 354 g/mol. The highest BCUT2D eigenvalue weighted by Crippen LogP contribution is 2.25. The van der Waals surface area contributed by atoms with Crippen LogP contribution >= 0.6 is 27.5 Å². The molecule has 0 spiro atoms. The molecule has 0 fully saturated rings. The molecule has 2 aliphatic rings. The van der Waals surface area contributed by atoms with Crippen LogP contribution in [-0.4, -0.2) is 22.6 Å². The number of nitrogens with zero attached hydrogens (tertiary/aromatic N) is 2. The number of carbonyl (C=O) groups is 1. The Morgan fingerprint density at radius 1 is 1.30 bits per heavy atom. The van der Waals surface area contributed by atoms with Crippen LogP contribution in [0, 0.1) is 0 Å². The van der Waals surface area contributed by atoms with Gasteiger partial charge in [0.1, 0.15) is 0 Å². The molecule has 0 radical (unpaired) electrons. The Kier molecular flexibility index (Phi) is 3.69. The van der Waals surface area contributed by atoms with Crippen molar-refractivity contribution in [3.8, 4) is 0 Å². The third-order valence-corrected chi connectivity index (χ3v) is 3.77. The van der Waals surface area contributed by atoms with Gasteiger partial charge in [-0.3, -0.25) is 10.2 Å². The van der Waals surface area contributed by atoms with Crippen molar-refractivity contribution in [1.29, 1.82) is 0 Å². The van der Waals surface area contributed by atoms with Gasteiger partial charge in [0.25, 0.3) is 0 Å². The molecule has 0 saturated heterocycles. The van der Waals surface area contributed by atoms with E-state index < -0.39 is 0 Å². The molecule has 0 aliphatic carbocycles. The van der Waals surface area contributed by atoms with Crippen molar-refractivity contribution < 1.29 is 4.79 Å². The molecule has 0 aromatic heterocycles. The maximum absolute atomic E-state index is 12.0. The molecular formula is C13H12BrClN4O. The lowest BCUT2D eigenvalue weighted by Crippen LogP contribution is -2.48. The minimum Gasteiger partial charge on any atom is -0.325 e. The molecule has 3 rings (SSSR count). The summed E-state index contributed by atoms with van der Waals surface area (Å²) >= 11 is 9.28. The average molecular weight is 356 g/mol. The average Bonchev–Trinajstić information content (AvgIpc) is 2.57. The first kappa shape index (κ1) is 13.5. The zero-order valence-electron chi connectivity index (χ0n) is 10.4. The zero-order valence-corrected chi connectivity index (χ0v) is 12.8. The topological polar surface area (TPSA) is 47.6 Å². The molecule has 1 amide bonds. The Labute approximate surface area is 129 Å². The van der Waals surface area contributed by atoms with Crippen LogP contribution in [0.25, 0.3) is 0 Å². The van der Waals surface area contributed by atoms with Gasteiger partial charge < -0.3 is 5.32 Å². The summed E-state index contributed by atoms with van der Waals surface area (Å²) in [4.78, 5) is 12.0. The van der Waals surface area contributed by atoms with E-state index in [0.717, 1.165) is 15.7 Å². The second kappa shape index (κ2) is 5.47. The fraction of sp³-hybridized carbons (Fsp3) is 0.154. The van der Waals surface area contributed by atoms with Crippen molar-refractivity contribution in [1.82, 2.24) is 15.6 Å². The molecule has 7 heteroatoms. The van der Waals surface area contributed by atoms with Gasteiger partial charge in [0.15, 0.2) is 0 Å². The predicted octanol–water partition coefficient (Wildman–Crippen LogP) is 2.53. The van der Waals surface area contributed by atoms with E-state index in [1.165, 1.54) is 0 Å². The van der Waals surface area contributed by atoms with Crippen LogP contribution in [0.2, 0.25) is 0 Å². The van der Waals surface area contributed by atoms with Crippen LogP contribution in [0.1, 0.15) is 5.56 Å². The highest BCUT2D eigenvalue weighted by atomic mass is 79.9. The van der Waals surface area contributed by atoms with Crippen molar-refractivity contribution in [2.45, 2.75) is 6.54 Å². The number of carbonyl (C=O) groups excluding carboxylic acids is 1. The van der Waals surface area contributed by atoms with E-state index in [9.17, 15) is 4.79 Å². The van der Waals surface area contributed by atoms with E-state index in [-0.39, 0.29) is 12.5 Å². The van der Waals surface area contributed by atoms with Crippen LogP contribution in [-0.2, 0) is 11.3 Å². The van der Waals surface area contributed by atoms with Crippen LogP contribution < -0.4 is 10.7 Å². The number of hydrogen-bond donors (Lipinski definition) is 2. The molecule has 1 aromatic rings. The first-order chi connectivity index (χ1) is 9.61. The molecular weight excluding hydrogens is 344 g/mol. The summed E-state index contributed by atoms with van der Waals surface area (Å²) in [6.45, 7) is 0.874. The van der Waals surface area contributed by atoms with Crippen molar-refractivity contribution >= 4 is 39.1 Å². The number of hydrogen-bond acceptors (Lipinski definition) is 4. The van der Waals surface area contributed by atoms with Gasteiger partial charge in [0, 0.05) is 29.1 Å². The third kappa shape index (κ3) is 2.82. The normalized spacial score (nSPS) is 18.8. The number of amides is 1.